The van der Waals surface area contributed by atoms with Crippen molar-refractivity contribution in [2.75, 3.05) is 32.7 Å². The maximum absolute atomic E-state index is 13.1. The Morgan fingerprint density at radius 2 is 1.40 bits per heavy atom. The van der Waals surface area contributed by atoms with Gasteiger partial charge in [0, 0.05) is 37.7 Å². The molecule has 1 aliphatic heterocycles. The molecule has 0 radical (unpaired) electrons. The molecule has 40 heavy (non-hydrogen) atoms. The van der Waals surface area contributed by atoms with Crippen LogP contribution in [0.3, 0.4) is 0 Å². The number of alkyl halides is 6. The van der Waals surface area contributed by atoms with Gasteiger partial charge in [-0.15, -0.1) is 0 Å². The molecule has 216 valence electrons. The van der Waals surface area contributed by atoms with Crippen molar-refractivity contribution in [3.8, 4) is 0 Å². The van der Waals surface area contributed by atoms with Crippen molar-refractivity contribution >= 4 is 21.6 Å². The van der Waals surface area contributed by atoms with Crippen molar-refractivity contribution in [3.63, 3.8) is 0 Å². The number of ether oxygens (including phenoxy) is 1. The lowest BCUT2D eigenvalue weighted by molar-refractivity contribution is -0.138. The van der Waals surface area contributed by atoms with Gasteiger partial charge in [-0.3, -0.25) is 4.90 Å². The highest BCUT2D eigenvalue weighted by Crippen LogP contribution is 2.32. The first-order valence-corrected chi connectivity index (χ1v) is 14.0. The van der Waals surface area contributed by atoms with E-state index in [1.165, 1.54) is 12.1 Å². The topological polar surface area (TPSA) is 49.9 Å². The Morgan fingerprint density at radius 1 is 0.800 bits per heavy atom. The lowest BCUT2D eigenvalue weighted by Gasteiger charge is -2.36. The van der Waals surface area contributed by atoms with Crippen molar-refractivity contribution in [2.24, 2.45) is 0 Å². The first-order chi connectivity index (χ1) is 18.7. The van der Waals surface area contributed by atoms with Gasteiger partial charge in [0.2, 0.25) is 10.0 Å². The normalized spacial score (nSPS) is 16.7. The SMILES string of the molecule is O=S(=O)(c1cccc(C(F)(F)F)c1)N1CCN(CC(OCc2ccc(C(F)(F)F)cc2)c2ccc(Cl)cc2)CC1. The second-order valence-electron chi connectivity index (χ2n) is 9.28. The molecule has 1 aliphatic rings. The zero-order chi connectivity index (χ0) is 29.1. The van der Waals surface area contributed by atoms with Gasteiger partial charge in [0.1, 0.15) is 0 Å². The molecule has 13 heteroatoms. The maximum Gasteiger partial charge on any atom is 0.416 e. The lowest BCUT2D eigenvalue weighted by atomic mass is 10.1. The van der Waals surface area contributed by atoms with E-state index < -0.39 is 44.5 Å². The monoisotopic (exact) mass is 606 g/mol. The Kier molecular flexibility index (Phi) is 9.15. The summed E-state index contributed by atoms with van der Waals surface area (Å²) in [6.07, 6.45) is -9.62. The Morgan fingerprint density at radius 3 is 1.98 bits per heavy atom. The van der Waals surface area contributed by atoms with Crippen LogP contribution in [0, 0.1) is 0 Å². The van der Waals surface area contributed by atoms with Crippen LogP contribution in [0.5, 0.6) is 0 Å². The summed E-state index contributed by atoms with van der Waals surface area (Å²) in [7, 11) is -4.13. The summed E-state index contributed by atoms with van der Waals surface area (Å²) < 4.78 is 111. The third-order valence-corrected chi connectivity index (χ3v) is 8.68. The number of nitrogens with zero attached hydrogens (tertiary/aromatic N) is 2. The van der Waals surface area contributed by atoms with Crippen LogP contribution in [0.15, 0.2) is 77.7 Å². The Labute approximate surface area is 233 Å². The summed E-state index contributed by atoms with van der Waals surface area (Å²) in [6.45, 7) is 1.10. The van der Waals surface area contributed by atoms with E-state index in [0.29, 0.717) is 36.3 Å². The van der Waals surface area contributed by atoms with Crippen molar-refractivity contribution in [1.29, 1.82) is 0 Å². The second-order valence-corrected chi connectivity index (χ2v) is 11.7. The van der Waals surface area contributed by atoms with E-state index in [0.717, 1.165) is 40.2 Å². The average molecular weight is 607 g/mol. The Bertz CT molecular complexity index is 1390. The largest absolute Gasteiger partial charge is 0.416 e. The minimum absolute atomic E-state index is 0.0370. The van der Waals surface area contributed by atoms with E-state index in [4.69, 9.17) is 16.3 Å². The molecule has 0 bridgehead atoms. The van der Waals surface area contributed by atoms with Gasteiger partial charge >= 0.3 is 12.4 Å². The first kappa shape index (κ1) is 30.3. The number of benzene rings is 3. The van der Waals surface area contributed by atoms with Gasteiger partial charge in [-0.05, 0) is 53.6 Å². The number of piperazine rings is 1. The van der Waals surface area contributed by atoms with Gasteiger partial charge in [0.15, 0.2) is 0 Å². The summed E-state index contributed by atoms with van der Waals surface area (Å²) in [5, 5.41) is 0.513. The van der Waals surface area contributed by atoms with Crippen LogP contribution in [-0.2, 0) is 33.7 Å². The fourth-order valence-electron chi connectivity index (χ4n) is 4.29. The fraction of sp³-hybridized carbons (Fsp3) is 0.333. The third kappa shape index (κ3) is 7.55. The highest BCUT2D eigenvalue weighted by Gasteiger charge is 2.34. The number of sulfonamides is 1. The average Bonchev–Trinajstić information content (AvgIpc) is 2.91. The molecular weight excluding hydrogens is 582 g/mol. The fourth-order valence-corrected chi connectivity index (χ4v) is 5.88. The highest BCUT2D eigenvalue weighted by atomic mass is 35.5. The van der Waals surface area contributed by atoms with E-state index in [2.05, 4.69) is 0 Å². The Balaban J connectivity index is 1.42. The van der Waals surface area contributed by atoms with Gasteiger partial charge in [0.25, 0.3) is 0 Å². The minimum atomic E-state index is -4.67. The van der Waals surface area contributed by atoms with E-state index in [-0.39, 0.29) is 19.7 Å². The molecule has 1 atom stereocenters. The van der Waals surface area contributed by atoms with Gasteiger partial charge in [-0.2, -0.15) is 30.6 Å². The molecule has 5 nitrogen and oxygen atoms in total. The molecule has 0 aromatic heterocycles. The van der Waals surface area contributed by atoms with Crippen molar-refractivity contribution in [3.05, 3.63) is 100 Å². The molecule has 1 saturated heterocycles. The molecule has 1 unspecified atom stereocenters. The zero-order valence-electron chi connectivity index (χ0n) is 20.9. The molecule has 1 fully saturated rings. The van der Waals surface area contributed by atoms with E-state index in [9.17, 15) is 34.8 Å². The predicted octanol–water partition coefficient (Wildman–Crippen LogP) is 6.64. The second kappa shape index (κ2) is 12.1. The van der Waals surface area contributed by atoms with Crippen LogP contribution in [0.1, 0.15) is 28.4 Å². The predicted molar refractivity (Wildman–Crippen MR) is 137 cm³/mol. The summed E-state index contributed by atoms with van der Waals surface area (Å²) in [4.78, 5) is 1.54. The van der Waals surface area contributed by atoms with Crippen molar-refractivity contribution in [2.45, 2.75) is 30.0 Å². The molecule has 3 aromatic carbocycles. The summed E-state index contributed by atoms with van der Waals surface area (Å²) in [6, 6.07) is 15.2. The lowest BCUT2D eigenvalue weighted by Crippen LogP contribution is -2.49. The van der Waals surface area contributed by atoms with Crippen LogP contribution in [-0.4, -0.2) is 50.3 Å². The van der Waals surface area contributed by atoms with Gasteiger partial charge in [-0.25, -0.2) is 8.42 Å². The molecule has 3 aromatic rings. The minimum Gasteiger partial charge on any atom is -0.368 e. The van der Waals surface area contributed by atoms with Gasteiger partial charge in [-0.1, -0.05) is 41.9 Å². The molecule has 0 spiro atoms. The number of hydrogen-bond donors (Lipinski definition) is 0. The molecular formula is C27H25ClF6N2O3S. The van der Waals surface area contributed by atoms with Crippen molar-refractivity contribution in [1.82, 2.24) is 9.21 Å². The summed E-state index contributed by atoms with van der Waals surface area (Å²) in [5.41, 5.74) is -0.481. The third-order valence-electron chi connectivity index (χ3n) is 6.53. The summed E-state index contributed by atoms with van der Waals surface area (Å²) in [5.74, 6) is 0. The van der Waals surface area contributed by atoms with E-state index in [1.807, 2.05) is 4.90 Å². The van der Waals surface area contributed by atoms with Crippen molar-refractivity contribution < 1.29 is 39.5 Å². The zero-order valence-corrected chi connectivity index (χ0v) is 22.5. The van der Waals surface area contributed by atoms with Crippen LogP contribution in [0.2, 0.25) is 5.02 Å². The molecule has 0 aliphatic carbocycles. The maximum atomic E-state index is 13.1. The van der Waals surface area contributed by atoms with Gasteiger partial charge < -0.3 is 4.74 Å². The molecule has 0 N–H and O–H groups in total. The highest BCUT2D eigenvalue weighted by molar-refractivity contribution is 7.89. The molecule has 1 heterocycles. The summed E-state index contributed by atoms with van der Waals surface area (Å²) >= 11 is 6.01. The van der Waals surface area contributed by atoms with Crippen LogP contribution in [0.25, 0.3) is 0 Å². The smallest absolute Gasteiger partial charge is 0.368 e. The Hall–Kier alpha value is -2.64. The van der Waals surface area contributed by atoms with E-state index in [1.54, 1.807) is 24.3 Å². The van der Waals surface area contributed by atoms with Crippen LogP contribution >= 0.6 is 11.6 Å². The van der Waals surface area contributed by atoms with Crippen LogP contribution in [0.4, 0.5) is 26.3 Å². The molecule has 4 rings (SSSR count). The quantitative estimate of drug-likeness (QED) is 0.270. The molecule has 0 saturated carbocycles. The first-order valence-electron chi connectivity index (χ1n) is 12.2. The molecule has 0 amide bonds. The van der Waals surface area contributed by atoms with Crippen LogP contribution < -0.4 is 0 Å². The number of halogens is 7. The number of hydrogen-bond acceptors (Lipinski definition) is 4. The van der Waals surface area contributed by atoms with E-state index >= 15 is 0 Å². The van der Waals surface area contributed by atoms with Gasteiger partial charge in [0.05, 0.1) is 28.7 Å². The standard InChI is InChI=1S/C27H25ClF6N2O3S/c28-23-10-6-20(7-11-23)25(39-18-19-4-8-21(9-5-19)26(29,30)31)17-35-12-14-36(15-13-35)40(37,38)24-3-1-2-22(16-24)27(32,33)34/h1-11,16,25H,12-15,17-18H2. The number of rotatable bonds is 8.